The monoisotopic (exact) mass is 747 g/mol. The number of Topliss-reactive ketones (excluding diaryl/α,β-unsaturated/α-hetero) is 1. The molecule has 2 rings (SSSR count). The van der Waals surface area contributed by atoms with Crippen molar-refractivity contribution in [1.29, 1.82) is 0 Å². The van der Waals surface area contributed by atoms with Gasteiger partial charge in [-0.3, -0.25) is 9.59 Å². The highest BCUT2D eigenvalue weighted by Crippen LogP contribution is 2.44. The summed E-state index contributed by atoms with van der Waals surface area (Å²) in [7, 11) is -4.64. The minimum atomic E-state index is -2.41. The lowest BCUT2D eigenvalue weighted by Crippen LogP contribution is -2.54. The molecule has 0 aromatic carbocycles. The van der Waals surface area contributed by atoms with Crippen molar-refractivity contribution in [2.24, 2.45) is 28.6 Å². The van der Waals surface area contributed by atoms with Gasteiger partial charge in [0.25, 0.3) is 0 Å². The summed E-state index contributed by atoms with van der Waals surface area (Å²) in [5.41, 5.74) is 0.708. The van der Waals surface area contributed by atoms with Crippen LogP contribution in [0.1, 0.15) is 127 Å². The molecule has 0 radical (unpaired) electrons. The summed E-state index contributed by atoms with van der Waals surface area (Å²) >= 11 is 1.61. The topological polar surface area (TPSA) is 74.7 Å². The van der Waals surface area contributed by atoms with Crippen LogP contribution in [0.4, 0.5) is 0 Å². The van der Waals surface area contributed by atoms with E-state index < -0.39 is 40.2 Å². The summed E-state index contributed by atoms with van der Waals surface area (Å²) < 4.78 is 20.7. The van der Waals surface area contributed by atoms with Gasteiger partial charge >= 0.3 is 5.97 Å². The fourth-order valence-electron chi connectivity index (χ4n) is 6.07. The first-order valence-electron chi connectivity index (χ1n) is 18.8. The van der Waals surface area contributed by atoms with Gasteiger partial charge in [-0.2, -0.15) is 0 Å². The van der Waals surface area contributed by atoms with E-state index in [1.165, 1.54) is 0 Å². The van der Waals surface area contributed by atoms with Crippen LogP contribution < -0.4 is 0 Å². The number of hydrogen-bond donors (Lipinski definition) is 0. The standard InChI is InChI=1S/C41H73NO5SSi2/c1-27-21-20-22-40(12,13)29(3)24-33(28(2)23-32-26-48-31(5)42-32)45-35(43)25-34(46-49(16,17)38(6,7)8)41(14,15)37(44)30(4)36(27)47-50(18,19)39(9,10)11/h20,22-23,26-27,29-30,33-34,36H,21,24-25H2,1-19H3/b22-20+,28-23+/t27-,29-,30+,33-,34-,36-/m0/s1. The van der Waals surface area contributed by atoms with Gasteiger partial charge in [-0.15, -0.1) is 11.3 Å². The van der Waals surface area contributed by atoms with E-state index in [0.717, 1.165) is 22.7 Å². The minimum absolute atomic E-state index is 0.00144. The number of thiazole rings is 1. The first-order valence-corrected chi connectivity index (χ1v) is 25.5. The average molecular weight is 748 g/mol. The molecule has 2 heterocycles. The molecule has 0 spiro atoms. The van der Waals surface area contributed by atoms with Crippen LogP contribution in [0.5, 0.6) is 0 Å². The van der Waals surface area contributed by atoms with E-state index in [4.69, 9.17) is 13.6 Å². The first-order chi connectivity index (χ1) is 22.4. The van der Waals surface area contributed by atoms with E-state index in [1.54, 1.807) is 11.3 Å². The Morgan fingerprint density at radius 3 is 2.00 bits per heavy atom. The molecule has 9 heteroatoms. The molecule has 286 valence electrons. The highest BCUT2D eigenvalue weighted by molar-refractivity contribution is 7.09. The molecule has 0 fully saturated rings. The summed E-state index contributed by atoms with van der Waals surface area (Å²) in [6.07, 6.45) is 6.73. The predicted molar refractivity (Wildman–Crippen MR) is 218 cm³/mol. The van der Waals surface area contributed by atoms with Crippen molar-refractivity contribution in [2.45, 2.75) is 178 Å². The van der Waals surface area contributed by atoms with E-state index in [1.807, 2.05) is 46.1 Å². The Labute approximate surface area is 312 Å². The number of esters is 1. The number of cyclic esters (lactones) is 1. The van der Waals surface area contributed by atoms with Crippen LogP contribution in [0, 0.1) is 35.5 Å². The summed E-state index contributed by atoms with van der Waals surface area (Å²) in [6, 6.07) is 0. The number of carbonyl (C=O) groups excluding carboxylic acids is 2. The van der Waals surface area contributed by atoms with Crippen molar-refractivity contribution in [3.63, 3.8) is 0 Å². The minimum Gasteiger partial charge on any atom is -0.458 e. The molecule has 1 aromatic heterocycles. The molecule has 1 aliphatic heterocycles. The van der Waals surface area contributed by atoms with Gasteiger partial charge in [0.15, 0.2) is 16.6 Å². The lowest BCUT2D eigenvalue weighted by molar-refractivity contribution is -0.154. The van der Waals surface area contributed by atoms with Crippen LogP contribution in [0.3, 0.4) is 0 Å². The number of ether oxygens (including phenoxy) is 1. The predicted octanol–water partition coefficient (Wildman–Crippen LogP) is 11.8. The Bertz CT molecular complexity index is 1380. The second kappa shape index (κ2) is 16.3. The van der Waals surface area contributed by atoms with Gasteiger partial charge < -0.3 is 13.6 Å². The number of aryl methyl sites for hydroxylation is 1. The van der Waals surface area contributed by atoms with Crippen LogP contribution in [0.15, 0.2) is 23.1 Å². The SMILES string of the molecule is C/C(=C\c1csc(C)n1)[C@@H]1C[C@H](C)C(C)(C)/C=C/C[C@H](C)[C@H](O[Si](C)(C)C(C)(C)C)[C@@H](C)C(=O)C(C)(C)[C@@H](O[Si](C)(C)C(C)(C)C)CC(=O)O1. The highest BCUT2D eigenvalue weighted by Gasteiger charge is 2.50. The van der Waals surface area contributed by atoms with Crippen LogP contribution in [-0.2, 0) is 23.2 Å². The maximum absolute atomic E-state index is 14.9. The average Bonchev–Trinajstić information content (AvgIpc) is 3.36. The maximum Gasteiger partial charge on any atom is 0.309 e. The highest BCUT2D eigenvalue weighted by atomic mass is 32.1. The van der Waals surface area contributed by atoms with Crippen molar-refractivity contribution < 1.29 is 23.2 Å². The quantitative estimate of drug-likeness (QED) is 0.164. The molecule has 0 saturated heterocycles. The zero-order valence-electron chi connectivity index (χ0n) is 35.3. The van der Waals surface area contributed by atoms with Crippen molar-refractivity contribution in [2.75, 3.05) is 0 Å². The lowest BCUT2D eigenvalue weighted by atomic mass is 9.72. The van der Waals surface area contributed by atoms with Gasteiger partial charge in [0.1, 0.15) is 11.9 Å². The van der Waals surface area contributed by atoms with E-state index in [2.05, 4.69) is 113 Å². The van der Waals surface area contributed by atoms with Crippen LogP contribution in [0.2, 0.25) is 36.3 Å². The third-order valence-electron chi connectivity index (χ3n) is 12.4. The summed E-state index contributed by atoms with van der Waals surface area (Å²) in [4.78, 5) is 33.7. The van der Waals surface area contributed by atoms with E-state index >= 15 is 0 Å². The Morgan fingerprint density at radius 2 is 1.50 bits per heavy atom. The lowest BCUT2D eigenvalue weighted by Gasteiger charge is -2.46. The second-order valence-electron chi connectivity index (χ2n) is 19.5. The molecule has 0 N–H and O–H groups in total. The fourth-order valence-corrected chi connectivity index (χ4v) is 9.55. The largest absolute Gasteiger partial charge is 0.458 e. The molecule has 6 nitrogen and oxygen atoms in total. The van der Waals surface area contributed by atoms with Crippen molar-refractivity contribution in [3.05, 3.63) is 33.8 Å². The third-order valence-corrected chi connectivity index (χ3v) is 22.2. The molecule has 0 unspecified atom stereocenters. The Hall–Kier alpha value is -1.40. The molecule has 0 saturated carbocycles. The summed E-state index contributed by atoms with van der Waals surface area (Å²) in [5.74, 6) is -0.358. The van der Waals surface area contributed by atoms with Gasteiger partial charge in [-0.1, -0.05) is 102 Å². The number of nitrogens with zero attached hydrogens (tertiary/aromatic N) is 1. The molecule has 0 bridgehead atoms. The molecule has 1 aromatic rings. The number of ketones is 1. The van der Waals surface area contributed by atoms with Gasteiger partial charge in [0.05, 0.1) is 29.3 Å². The van der Waals surface area contributed by atoms with E-state index in [0.29, 0.717) is 6.42 Å². The Balaban J connectivity index is 2.76. The van der Waals surface area contributed by atoms with Crippen LogP contribution in [-0.4, -0.2) is 51.7 Å². The maximum atomic E-state index is 14.9. The van der Waals surface area contributed by atoms with Crippen LogP contribution >= 0.6 is 11.3 Å². The van der Waals surface area contributed by atoms with Crippen LogP contribution in [0.25, 0.3) is 6.08 Å². The molecule has 1 aliphatic rings. The van der Waals surface area contributed by atoms with Crippen molar-refractivity contribution in [1.82, 2.24) is 4.98 Å². The van der Waals surface area contributed by atoms with Gasteiger partial charge in [0.2, 0.25) is 0 Å². The molecular formula is C41H73NO5SSi2. The molecular weight excluding hydrogens is 675 g/mol. The Morgan fingerprint density at radius 1 is 0.960 bits per heavy atom. The van der Waals surface area contributed by atoms with Gasteiger partial charge in [-0.25, -0.2) is 4.98 Å². The Kier molecular flexibility index (Phi) is 14.6. The first kappa shape index (κ1) is 44.8. The van der Waals surface area contributed by atoms with Crippen molar-refractivity contribution in [3.8, 4) is 0 Å². The summed E-state index contributed by atoms with van der Waals surface area (Å²) in [6.45, 7) is 41.2. The number of rotatable bonds is 6. The zero-order valence-corrected chi connectivity index (χ0v) is 38.1. The zero-order chi connectivity index (χ0) is 38.8. The van der Waals surface area contributed by atoms with Crippen molar-refractivity contribution >= 4 is 45.8 Å². The summed E-state index contributed by atoms with van der Waals surface area (Å²) in [5, 5.41) is 2.91. The number of aromatic nitrogens is 1. The normalized spacial score (nSPS) is 29.1. The number of hydrogen-bond acceptors (Lipinski definition) is 7. The van der Waals surface area contributed by atoms with Gasteiger partial charge in [-0.05, 0) is 91.9 Å². The molecule has 0 aliphatic carbocycles. The fraction of sp³-hybridized carbons (Fsp3) is 0.780. The molecule has 6 atom stereocenters. The molecule has 0 amide bonds. The second-order valence-corrected chi connectivity index (χ2v) is 30.1. The third kappa shape index (κ3) is 11.3. The number of allylic oxidation sites excluding steroid dienone is 2. The molecule has 50 heavy (non-hydrogen) atoms. The van der Waals surface area contributed by atoms with Gasteiger partial charge in [0, 0.05) is 16.7 Å². The van der Waals surface area contributed by atoms with E-state index in [9.17, 15) is 9.59 Å². The van der Waals surface area contributed by atoms with E-state index in [-0.39, 0.29) is 51.6 Å². The smallest absolute Gasteiger partial charge is 0.309 e. The number of carbonyl (C=O) groups is 2.